The topological polar surface area (TPSA) is 67.4 Å². The van der Waals surface area contributed by atoms with Crippen LogP contribution >= 0.6 is 11.3 Å². The molecule has 2 N–H and O–H groups in total. The number of hydrogen-bond acceptors (Lipinski definition) is 5. The Hall–Kier alpha value is -0.470. The lowest BCUT2D eigenvalue weighted by atomic mass is 10.1. The van der Waals surface area contributed by atoms with Gasteiger partial charge >= 0.3 is 0 Å². The zero-order chi connectivity index (χ0) is 15.5. The third-order valence-corrected chi connectivity index (χ3v) is 6.02. The molecule has 0 radical (unpaired) electrons. The number of ether oxygens (including phenoxy) is 1. The van der Waals surface area contributed by atoms with E-state index in [-0.39, 0.29) is 12.1 Å². The molecule has 1 aliphatic rings. The molecule has 2 unspecified atom stereocenters. The van der Waals surface area contributed by atoms with E-state index in [1.54, 1.807) is 11.4 Å². The van der Waals surface area contributed by atoms with Gasteiger partial charge in [-0.3, -0.25) is 0 Å². The van der Waals surface area contributed by atoms with Crippen molar-refractivity contribution >= 4 is 21.4 Å². The largest absolute Gasteiger partial charge is 0.378 e. The van der Waals surface area contributed by atoms with Gasteiger partial charge in [-0.2, -0.15) is 0 Å². The zero-order valence-electron chi connectivity index (χ0n) is 12.8. The fourth-order valence-electron chi connectivity index (χ4n) is 2.29. The Morgan fingerprint density at radius 1 is 1.48 bits per heavy atom. The van der Waals surface area contributed by atoms with Crippen LogP contribution in [-0.2, 0) is 21.3 Å². The lowest BCUT2D eigenvalue weighted by Gasteiger charge is -2.27. The molecule has 2 rings (SSSR count). The number of rotatable bonds is 6. The lowest BCUT2D eigenvalue weighted by Crippen LogP contribution is -2.41. The maximum Gasteiger partial charge on any atom is 0.241 e. The van der Waals surface area contributed by atoms with Crippen LogP contribution in [0.4, 0.5) is 0 Å². The first-order valence-corrected chi connectivity index (χ1v) is 9.68. The first-order valence-electron chi connectivity index (χ1n) is 7.31. The molecule has 1 aromatic heterocycles. The number of thiophene rings is 1. The zero-order valence-corrected chi connectivity index (χ0v) is 14.4. The van der Waals surface area contributed by atoms with Crippen molar-refractivity contribution in [2.24, 2.45) is 0 Å². The Labute approximate surface area is 131 Å². The highest BCUT2D eigenvalue weighted by atomic mass is 32.2. The van der Waals surface area contributed by atoms with E-state index >= 15 is 0 Å². The molecule has 7 heteroatoms. The molecule has 1 aliphatic heterocycles. The van der Waals surface area contributed by atoms with Gasteiger partial charge in [0.2, 0.25) is 10.0 Å². The van der Waals surface area contributed by atoms with Gasteiger partial charge < -0.3 is 10.1 Å². The van der Waals surface area contributed by atoms with Crippen LogP contribution in [0.3, 0.4) is 0 Å². The Bertz CT molecular complexity index is 554. The van der Waals surface area contributed by atoms with E-state index in [9.17, 15) is 8.42 Å². The number of sulfonamides is 1. The van der Waals surface area contributed by atoms with Crippen LogP contribution < -0.4 is 10.0 Å². The molecule has 2 heterocycles. The molecule has 21 heavy (non-hydrogen) atoms. The first kappa shape index (κ1) is 16.9. The summed E-state index contributed by atoms with van der Waals surface area (Å²) in [6, 6.07) is 2.11. The molecular formula is C14H24N2O3S2. The predicted octanol–water partition coefficient (Wildman–Crippen LogP) is 2.09. The number of nitrogens with one attached hydrogen (secondary N) is 2. The van der Waals surface area contributed by atoms with Crippen LogP contribution in [0.2, 0.25) is 0 Å². The fraction of sp³-hybridized carbons (Fsp3) is 0.714. The summed E-state index contributed by atoms with van der Waals surface area (Å²) < 4.78 is 33.0. The predicted molar refractivity (Wildman–Crippen MR) is 85.1 cm³/mol. The van der Waals surface area contributed by atoms with Crippen molar-refractivity contribution in [3.63, 3.8) is 0 Å². The molecule has 0 saturated carbocycles. The van der Waals surface area contributed by atoms with Gasteiger partial charge in [-0.25, -0.2) is 13.1 Å². The summed E-state index contributed by atoms with van der Waals surface area (Å²) in [6.07, 6.45) is 1.57. The molecule has 0 bridgehead atoms. The van der Waals surface area contributed by atoms with Gasteiger partial charge in [-0.15, -0.1) is 11.3 Å². The SMILES string of the molecule is CC(C)NCc1cc(S(=O)(=O)NC2CCOC(C)C2)cs1. The Morgan fingerprint density at radius 2 is 2.24 bits per heavy atom. The highest BCUT2D eigenvalue weighted by molar-refractivity contribution is 7.89. The summed E-state index contributed by atoms with van der Waals surface area (Å²) in [5.74, 6) is 0. The molecule has 120 valence electrons. The number of hydrogen-bond donors (Lipinski definition) is 2. The van der Waals surface area contributed by atoms with Crippen LogP contribution in [-0.4, -0.2) is 33.2 Å². The maximum atomic E-state index is 12.4. The summed E-state index contributed by atoms with van der Waals surface area (Å²) in [4.78, 5) is 1.40. The summed E-state index contributed by atoms with van der Waals surface area (Å²) >= 11 is 1.47. The Kier molecular flexibility index (Phi) is 5.79. The van der Waals surface area contributed by atoms with Gasteiger partial charge in [0.05, 0.1) is 11.0 Å². The first-order chi connectivity index (χ1) is 9.87. The maximum absolute atomic E-state index is 12.4. The summed E-state index contributed by atoms with van der Waals surface area (Å²) in [5.41, 5.74) is 0. The van der Waals surface area contributed by atoms with Crippen molar-refractivity contribution in [1.82, 2.24) is 10.0 Å². The monoisotopic (exact) mass is 332 g/mol. The quantitative estimate of drug-likeness (QED) is 0.837. The van der Waals surface area contributed by atoms with E-state index in [0.717, 1.165) is 17.7 Å². The van der Waals surface area contributed by atoms with E-state index < -0.39 is 10.0 Å². The third-order valence-electron chi connectivity index (χ3n) is 3.43. The van der Waals surface area contributed by atoms with E-state index in [4.69, 9.17) is 4.74 Å². The van der Waals surface area contributed by atoms with Gasteiger partial charge in [0.15, 0.2) is 0 Å². The smallest absolute Gasteiger partial charge is 0.241 e. The highest BCUT2D eigenvalue weighted by Gasteiger charge is 2.25. The molecule has 1 fully saturated rings. The highest BCUT2D eigenvalue weighted by Crippen LogP contribution is 2.21. The third kappa shape index (κ3) is 5.03. The van der Waals surface area contributed by atoms with Gasteiger partial charge in [0.25, 0.3) is 0 Å². The standard InChI is InChI=1S/C14H24N2O3S2/c1-10(2)15-8-13-7-14(9-20-13)21(17,18)16-12-4-5-19-11(3)6-12/h7,9-12,15-16H,4-6,8H2,1-3H3. The minimum Gasteiger partial charge on any atom is -0.378 e. The summed E-state index contributed by atoms with van der Waals surface area (Å²) in [6.45, 7) is 7.42. The molecule has 2 atom stereocenters. The van der Waals surface area contributed by atoms with E-state index in [1.165, 1.54) is 11.3 Å². The molecule has 1 saturated heterocycles. The second-order valence-electron chi connectivity index (χ2n) is 5.81. The molecule has 0 aliphatic carbocycles. The van der Waals surface area contributed by atoms with Crippen LogP contribution in [0.25, 0.3) is 0 Å². The van der Waals surface area contributed by atoms with Crippen molar-refractivity contribution in [2.75, 3.05) is 6.61 Å². The minimum atomic E-state index is -3.42. The van der Waals surface area contributed by atoms with Crippen molar-refractivity contribution in [3.05, 3.63) is 16.3 Å². The average molecular weight is 332 g/mol. The van der Waals surface area contributed by atoms with Crippen LogP contribution in [0.15, 0.2) is 16.3 Å². The van der Waals surface area contributed by atoms with Gasteiger partial charge in [0, 0.05) is 35.5 Å². The van der Waals surface area contributed by atoms with Crippen molar-refractivity contribution in [3.8, 4) is 0 Å². The summed E-state index contributed by atoms with van der Waals surface area (Å²) in [7, 11) is -3.42. The average Bonchev–Trinajstić information content (AvgIpc) is 2.85. The second-order valence-corrected chi connectivity index (χ2v) is 8.52. The van der Waals surface area contributed by atoms with Crippen LogP contribution in [0.1, 0.15) is 38.5 Å². The molecular weight excluding hydrogens is 308 g/mol. The fourth-order valence-corrected chi connectivity index (χ4v) is 4.80. The minimum absolute atomic E-state index is 0.0316. The van der Waals surface area contributed by atoms with Crippen molar-refractivity contribution < 1.29 is 13.2 Å². The Morgan fingerprint density at radius 3 is 2.90 bits per heavy atom. The van der Waals surface area contributed by atoms with Crippen molar-refractivity contribution in [1.29, 1.82) is 0 Å². The molecule has 1 aromatic rings. The van der Waals surface area contributed by atoms with Gasteiger partial charge in [-0.05, 0) is 25.8 Å². The lowest BCUT2D eigenvalue weighted by molar-refractivity contribution is 0.0173. The van der Waals surface area contributed by atoms with Crippen LogP contribution in [0, 0.1) is 0 Å². The summed E-state index contributed by atoms with van der Waals surface area (Å²) in [5, 5.41) is 5.00. The molecule has 0 aromatic carbocycles. The van der Waals surface area contributed by atoms with E-state index in [0.29, 0.717) is 24.1 Å². The van der Waals surface area contributed by atoms with E-state index in [2.05, 4.69) is 23.9 Å². The van der Waals surface area contributed by atoms with Crippen LogP contribution in [0.5, 0.6) is 0 Å². The van der Waals surface area contributed by atoms with E-state index in [1.807, 2.05) is 6.92 Å². The molecule has 0 spiro atoms. The Balaban J connectivity index is 1.98. The van der Waals surface area contributed by atoms with Crippen molar-refractivity contribution in [2.45, 2.75) is 63.2 Å². The molecule has 5 nitrogen and oxygen atoms in total. The van der Waals surface area contributed by atoms with Gasteiger partial charge in [-0.1, -0.05) is 13.8 Å². The molecule has 0 amide bonds. The van der Waals surface area contributed by atoms with Gasteiger partial charge in [0.1, 0.15) is 0 Å². The second kappa shape index (κ2) is 7.19. The normalized spacial score (nSPS) is 23.6.